The lowest BCUT2D eigenvalue weighted by atomic mass is 10.3. The van der Waals surface area contributed by atoms with Crippen LogP contribution >= 0.6 is 0 Å². The van der Waals surface area contributed by atoms with Gasteiger partial charge in [0.15, 0.2) is 0 Å². The van der Waals surface area contributed by atoms with E-state index >= 15 is 0 Å². The molecule has 2 aromatic rings. The van der Waals surface area contributed by atoms with Gasteiger partial charge in [0.05, 0.1) is 25.3 Å². The summed E-state index contributed by atoms with van der Waals surface area (Å²) in [7, 11) is 0. The predicted molar refractivity (Wildman–Crippen MR) is 60.1 cm³/mol. The number of nitrogens with one attached hydrogen (secondary N) is 1. The van der Waals surface area contributed by atoms with E-state index in [4.69, 9.17) is 9.68 Å². The van der Waals surface area contributed by atoms with Gasteiger partial charge in [0.25, 0.3) is 5.91 Å². The topological polar surface area (TPSA) is 98.8 Å². The van der Waals surface area contributed by atoms with Gasteiger partial charge < -0.3 is 9.32 Å². The van der Waals surface area contributed by atoms with Crippen molar-refractivity contribution in [2.24, 2.45) is 0 Å². The minimum Gasteiger partial charge on any atom is -0.467 e. The van der Waals surface area contributed by atoms with Gasteiger partial charge in [-0.25, -0.2) is 4.98 Å². The number of nitrogens with zero attached hydrogens (tertiary/aromatic N) is 4. The lowest BCUT2D eigenvalue weighted by Gasteiger charge is -2.18. The first-order chi connectivity index (χ1) is 8.81. The Labute approximate surface area is 103 Å². The Morgan fingerprint density at radius 2 is 2.50 bits per heavy atom. The quantitative estimate of drug-likeness (QED) is 0.845. The van der Waals surface area contributed by atoms with E-state index in [1.165, 1.54) is 17.5 Å². The third-order valence-electron chi connectivity index (χ3n) is 2.33. The molecule has 0 unspecified atom stereocenters. The van der Waals surface area contributed by atoms with Crippen molar-refractivity contribution in [3.05, 3.63) is 36.3 Å². The van der Waals surface area contributed by atoms with Crippen molar-refractivity contribution >= 4 is 5.91 Å². The molecule has 2 rings (SSSR count). The third kappa shape index (κ3) is 2.74. The lowest BCUT2D eigenvalue weighted by molar-refractivity contribution is 0.0723. The van der Waals surface area contributed by atoms with Gasteiger partial charge in [-0.2, -0.15) is 10.4 Å². The van der Waals surface area contributed by atoms with E-state index in [1.807, 2.05) is 6.07 Å². The first kappa shape index (κ1) is 11.9. The summed E-state index contributed by atoms with van der Waals surface area (Å²) in [6.07, 6.45) is 3.06. The monoisotopic (exact) mass is 245 g/mol. The van der Waals surface area contributed by atoms with Crippen LogP contribution in [-0.2, 0) is 6.54 Å². The SMILES string of the molecule is N#CCCN(Cc1ccco1)C(=O)c1ncn[nH]1. The van der Waals surface area contributed by atoms with Crippen LogP contribution in [-0.4, -0.2) is 32.5 Å². The maximum absolute atomic E-state index is 12.1. The molecule has 7 nitrogen and oxygen atoms in total. The minimum atomic E-state index is -0.306. The zero-order chi connectivity index (χ0) is 12.8. The number of hydrogen-bond donors (Lipinski definition) is 1. The first-order valence-corrected chi connectivity index (χ1v) is 5.35. The number of H-pyrrole nitrogens is 1. The molecule has 7 heteroatoms. The van der Waals surface area contributed by atoms with Crippen LogP contribution in [0.3, 0.4) is 0 Å². The van der Waals surface area contributed by atoms with E-state index in [1.54, 1.807) is 12.1 Å². The molecule has 92 valence electrons. The number of furan rings is 1. The number of hydrogen-bond acceptors (Lipinski definition) is 5. The van der Waals surface area contributed by atoms with Gasteiger partial charge in [-0.15, -0.1) is 0 Å². The Morgan fingerprint density at radius 3 is 3.11 bits per heavy atom. The molecular formula is C11H11N5O2. The highest BCUT2D eigenvalue weighted by Gasteiger charge is 2.19. The van der Waals surface area contributed by atoms with Crippen LogP contribution in [0.1, 0.15) is 22.8 Å². The maximum Gasteiger partial charge on any atom is 0.291 e. The second kappa shape index (κ2) is 5.63. The molecule has 0 spiro atoms. The summed E-state index contributed by atoms with van der Waals surface area (Å²) in [6.45, 7) is 0.616. The van der Waals surface area contributed by atoms with Crippen LogP contribution in [0, 0.1) is 11.3 Å². The Balaban J connectivity index is 2.09. The zero-order valence-corrected chi connectivity index (χ0v) is 9.54. The molecule has 0 bridgehead atoms. The summed E-state index contributed by atoms with van der Waals surface area (Å²) in [6, 6.07) is 5.52. The van der Waals surface area contributed by atoms with Crippen LogP contribution in [0.2, 0.25) is 0 Å². The van der Waals surface area contributed by atoms with E-state index in [9.17, 15) is 4.79 Å². The van der Waals surface area contributed by atoms with Crippen molar-refractivity contribution in [2.75, 3.05) is 6.54 Å². The number of carbonyl (C=O) groups is 1. The van der Waals surface area contributed by atoms with Gasteiger partial charge in [0.2, 0.25) is 5.82 Å². The van der Waals surface area contributed by atoms with E-state index in [2.05, 4.69) is 15.2 Å². The van der Waals surface area contributed by atoms with Gasteiger partial charge in [0, 0.05) is 6.54 Å². The van der Waals surface area contributed by atoms with E-state index in [0.29, 0.717) is 18.8 Å². The highest BCUT2D eigenvalue weighted by Crippen LogP contribution is 2.08. The van der Waals surface area contributed by atoms with Crippen LogP contribution in [0.4, 0.5) is 0 Å². The largest absolute Gasteiger partial charge is 0.467 e. The normalized spacial score (nSPS) is 9.94. The molecule has 0 aliphatic carbocycles. The number of rotatable bonds is 5. The molecule has 0 radical (unpaired) electrons. The number of carbonyl (C=O) groups excluding carboxylic acids is 1. The van der Waals surface area contributed by atoms with Crippen molar-refractivity contribution in [3.8, 4) is 6.07 Å². The van der Waals surface area contributed by atoms with Gasteiger partial charge in [0.1, 0.15) is 12.1 Å². The Morgan fingerprint density at radius 1 is 1.61 bits per heavy atom. The molecule has 0 aromatic carbocycles. The molecule has 0 saturated heterocycles. The van der Waals surface area contributed by atoms with Crippen LogP contribution in [0.25, 0.3) is 0 Å². The molecule has 0 fully saturated rings. The summed E-state index contributed by atoms with van der Waals surface area (Å²) in [5.41, 5.74) is 0. The van der Waals surface area contributed by atoms with Crippen LogP contribution < -0.4 is 0 Å². The zero-order valence-electron chi connectivity index (χ0n) is 9.54. The summed E-state index contributed by atoms with van der Waals surface area (Å²) in [5, 5.41) is 14.7. The molecule has 2 heterocycles. The van der Waals surface area contributed by atoms with Gasteiger partial charge >= 0.3 is 0 Å². The Bertz CT molecular complexity index is 526. The maximum atomic E-state index is 12.1. The molecule has 0 saturated carbocycles. The Kier molecular flexibility index (Phi) is 3.71. The van der Waals surface area contributed by atoms with Gasteiger partial charge in [-0.3, -0.25) is 9.89 Å². The van der Waals surface area contributed by atoms with Crippen molar-refractivity contribution < 1.29 is 9.21 Å². The van der Waals surface area contributed by atoms with Crippen molar-refractivity contribution in [3.63, 3.8) is 0 Å². The predicted octanol–water partition coefficient (Wildman–Crippen LogP) is 0.954. The van der Waals surface area contributed by atoms with Crippen LogP contribution in [0.5, 0.6) is 0 Å². The second-order valence-corrected chi connectivity index (χ2v) is 3.55. The third-order valence-corrected chi connectivity index (χ3v) is 2.33. The van der Waals surface area contributed by atoms with Crippen molar-refractivity contribution in [1.82, 2.24) is 20.1 Å². The fourth-order valence-corrected chi connectivity index (χ4v) is 1.49. The average molecular weight is 245 g/mol. The summed E-state index contributed by atoms with van der Waals surface area (Å²) >= 11 is 0. The lowest BCUT2D eigenvalue weighted by Crippen LogP contribution is -2.32. The smallest absolute Gasteiger partial charge is 0.291 e. The van der Waals surface area contributed by atoms with E-state index in [-0.39, 0.29) is 18.2 Å². The molecule has 1 N–H and O–H groups in total. The Hall–Kier alpha value is -2.62. The van der Waals surface area contributed by atoms with Crippen molar-refractivity contribution in [2.45, 2.75) is 13.0 Å². The molecule has 1 amide bonds. The summed E-state index contributed by atoms with van der Waals surface area (Å²) in [5.74, 6) is 0.499. The van der Waals surface area contributed by atoms with Crippen molar-refractivity contribution in [1.29, 1.82) is 5.26 Å². The number of nitriles is 1. The number of aromatic nitrogens is 3. The second-order valence-electron chi connectivity index (χ2n) is 3.55. The molecular weight excluding hydrogens is 234 g/mol. The average Bonchev–Trinajstić information content (AvgIpc) is 3.06. The molecule has 2 aromatic heterocycles. The van der Waals surface area contributed by atoms with Crippen LogP contribution in [0.15, 0.2) is 29.1 Å². The molecule has 0 atom stereocenters. The minimum absolute atomic E-state index is 0.152. The standard InChI is InChI=1S/C11H11N5O2/c12-4-2-5-16(7-9-3-1-6-18-9)11(17)10-13-8-14-15-10/h1,3,6,8H,2,5,7H2,(H,13,14,15). The fraction of sp³-hybridized carbons (Fsp3) is 0.273. The van der Waals surface area contributed by atoms with E-state index < -0.39 is 0 Å². The van der Waals surface area contributed by atoms with E-state index in [0.717, 1.165) is 0 Å². The number of amides is 1. The highest BCUT2D eigenvalue weighted by molar-refractivity contribution is 5.90. The first-order valence-electron chi connectivity index (χ1n) is 5.35. The molecule has 0 aliphatic heterocycles. The van der Waals surface area contributed by atoms with Gasteiger partial charge in [-0.05, 0) is 12.1 Å². The summed E-state index contributed by atoms with van der Waals surface area (Å²) in [4.78, 5) is 17.4. The number of aromatic amines is 1. The summed E-state index contributed by atoms with van der Waals surface area (Å²) < 4.78 is 5.19. The highest BCUT2D eigenvalue weighted by atomic mass is 16.3. The van der Waals surface area contributed by atoms with Gasteiger partial charge in [-0.1, -0.05) is 0 Å². The molecule has 0 aliphatic rings. The molecule has 18 heavy (non-hydrogen) atoms. The fourth-order valence-electron chi connectivity index (χ4n) is 1.49.